The second-order valence-electron chi connectivity index (χ2n) is 9.14. The van der Waals surface area contributed by atoms with E-state index in [0.717, 1.165) is 43.5 Å². The summed E-state index contributed by atoms with van der Waals surface area (Å²) in [5.41, 5.74) is 2.42. The zero-order valence-electron chi connectivity index (χ0n) is 19.5. The number of likely N-dealkylation sites (tertiary alicyclic amines) is 1. The third-order valence-corrected chi connectivity index (χ3v) is 6.52. The van der Waals surface area contributed by atoms with Gasteiger partial charge in [-0.3, -0.25) is 0 Å². The lowest BCUT2D eigenvalue weighted by Crippen LogP contribution is -2.46. The zero-order chi connectivity index (χ0) is 24.6. The maximum Gasteiger partial charge on any atom is 0.319 e. The van der Waals surface area contributed by atoms with Crippen LogP contribution in [0.4, 0.5) is 19.3 Å². The van der Waals surface area contributed by atoms with Crippen molar-refractivity contribution < 1.29 is 18.7 Å². The molecule has 3 aromatic rings. The number of aliphatic hydroxyl groups excluding tert-OH is 1. The van der Waals surface area contributed by atoms with Crippen molar-refractivity contribution in [2.24, 2.45) is 5.92 Å². The van der Waals surface area contributed by atoms with Gasteiger partial charge in [-0.05, 0) is 85.8 Å². The minimum absolute atomic E-state index is 0.217. The van der Waals surface area contributed by atoms with Crippen molar-refractivity contribution in [3.8, 4) is 0 Å². The fraction of sp³-hybridized carbons (Fsp3) is 0.321. The smallest absolute Gasteiger partial charge is 0.319 e. The Balaban J connectivity index is 1.33. The van der Waals surface area contributed by atoms with E-state index in [1.807, 2.05) is 42.5 Å². The van der Waals surface area contributed by atoms with Gasteiger partial charge in [-0.25, -0.2) is 13.6 Å². The molecule has 2 amide bonds. The molecule has 4 rings (SSSR count). The monoisotopic (exact) mass is 479 g/mol. The molecule has 1 fully saturated rings. The number of carbonyl (C=O) groups is 1. The number of nitrogens with zero attached hydrogens (tertiary/aromatic N) is 1. The van der Waals surface area contributed by atoms with Gasteiger partial charge in [0.05, 0.1) is 12.1 Å². The first-order valence-electron chi connectivity index (χ1n) is 12.0. The van der Waals surface area contributed by atoms with Crippen LogP contribution in [0.5, 0.6) is 0 Å². The summed E-state index contributed by atoms with van der Waals surface area (Å²) < 4.78 is 26.3. The van der Waals surface area contributed by atoms with E-state index >= 15 is 0 Å². The van der Waals surface area contributed by atoms with Gasteiger partial charge in [-0.2, -0.15) is 0 Å². The van der Waals surface area contributed by atoms with Crippen LogP contribution in [0.15, 0.2) is 78.9 Å². The van der Waals surface area contributed by atoms with Crippen LogP contribution in [0.1, 0.15) is 30.0 Å². The summed E-state index contributed by atoms with van der Waals surface area (Å²) in [7, 11) is 0. The molecule has 7 heteroatoms. The Morgan fingerprint density at radius 2 is 1.51 bits per heavy atom. The topological polar surface area (TPSA) is 64.6 Å². The second kappa shape index (κ2) is 11.9. The van der Waals surface area contributed by atoms with Gasteiger partial charge in [-0.1, -0.05) is 42.5 Å². The summed E-state index contributed by atoms with van der Waals surface area (Å²) in [5.74, 6) is -0.0705. The predicted molar refractivity (Wildman–Crippen MR) is 133 cm³/mol. The SMILES string of the molecule is O=C(Nc1ccc(F)cc1)N[C@@H](c1ccccc1)[C@@H](O)CN1CCC(Cc2ccc(F)cc2)CC1. The van der Waals surface area contributed by atoms with Crippen LogP contribution in [0, 0.1) is 17.6 Å². The second-order valence-corrected chi connectivity index (χ2v) is 9.14. The Labute approximate surface area is 204 Å². The molecular weight excluding hydrogens is 448 g/mol. The van der Waals surface area contributed by atoms with Crippen LogP contribution >= 0.6 is 0 Å². The molecule has 1 aliphatic rings. The first-order chi connectivity index (χ1) is 17.0. The van der Waals surface area contributed by atoms with Crippen molar-refractivity contribution >= 4 is 11.7 Å². The average Bonchev–Trinajstić information content (AvgIpc) is 2.87. The molecule has 0 unspecified atom stereocenters. The van der Waals surface area contributed by atoms with E-state index in [2.05, 4.69) is 15.5 Å². The number of halogens is 2. The van der Waals surface area contributed by atoms with Gasteiger partial charge in [0.1, 0.15) is 11.6 Å². The number of piperidine rings is 1. The summed E-state index contributed by atoms with van der Waals surface area (Å²) in [6.07, 6.45) is 2.11. The highest BCUT2D eigenvalue weighted by atomic mass is 19.1. The van der Waals surface area contributed by atoms with Crippen molar-refractivity contribution in [3.63, 3.8) is 0 Å². The average molecular weight is 480 g/mol. The van der Waals surface area contributed by atoms with E-state index in [1.54, 1.807) is 0 Å². The maximum atomic E-state index is 13.2. The minimum Gasteiger partial charge on any atom is -0.389 e. The number of nitrogens with one attached hydrogen (secondary N) is 2. The molecule has 35 heavy (non-hydrogen) atoms. The number of hydrogen-bond acceptors (Lipinski definition) is 3. The first kappa shape index (κ1) is 24.8. The molecule has 184 valence electrons. The Hall–Kier alpha value is -3.29. The van der Waals surface area contributed by atoms with Gasteiger partial charge in [0.2, 0.25) is 0 Å². The van der Waals surface area contributed by atoms with E-state index in [9.17, 15) is 18.7 Å². The maximum absolute atomic E-state index is 13.2. The van der Waals surface area contributed by atoms with Crippen LogP contribution in [-0.4, -0.2) is 41.8 Å². The van der Waals surface area contributed by atoms with Crippen LogP contribution in [0.25, 0.3) is 0 Å². The van der Waals surface area contributed by atoms with Crippen molar-refractivity contribution in [3.05, 3.63) is 102 Å². The zero-order valence-corrected chi connectivity index (χ0v) is 19.5. The fourth-order valence-electron chi connectivity index (χ4n) is 4.60. The normalized spacial score (nSPS) is 16.4. The lowest BCUT2D eigenvalue weighted by atomic mass is 9.90. The largest absolute Gasteiger partial charge is 0.389 e. The number of anilines is 1. The number of rotatable bonds is 8. The number of hydrogen-bond donors (Lipinski definition) is 3. The van der Waals surface area contributed by atoms with Crippen LogP contribution < -0.4 is 10.6 Å². The highest BCUT2D eigenvalue weighted by Crippen LogP contribution is 2.24. The predicted octanol–water partition coefficient (Wildman–Crippen LogP) is 5.14. The van der Waals surface area contributed by atoms with E-state index in [0.29, 0.717) is 18.2 Å². The molecule has 5 nitrogen and oxygen atoms in total. The summed E-state index contributed by atoms with van der Waals surface area (Å²) in [6, 6.07) is 20.5. The minimum atomic E-state index is -0.815. The molecule has 1 saturated heterocycles. The molecule has 0 aromatic heterocycles. The van der Waals surface area contributed by atoms with Crippen molar-refractivity contribution in [1.29, 1.82) is 0 Å². The molecule has 3 N–H and O–H groups in total. The molecule has 1 heterocycles. The highest BCUT2D eigenvalue weighted by Gasteiger charge is 2.27. The lowest BCUT2D eigenvalue weighted by Gasteiger charge is -2.35. The summed E-state index contributed by atoms with van der Waals surface area (Å²) in [4.78, 5) is 14.9. The molecule has 0 aliphatic carbocycles. The quantitative estimate of drug-likeness (QED) is 0.419. The number of urea groups is 1. The third kappa shape index (κ3) is 7.34. The van der Waals surface area contributed by atoms with Crippen molar-refractivity contribution in [2.75, 3.05) is 25.0 Å². The third-order valence-electron chi connectivity index (χ3n) is 6.52. The van der Waals surface area contributed by atoms with Gasteiger partial charge < -0.3 is 20.6 Å². The molecule has 0 saturated carbocycles. The molecule has 3 aromatic carbocycles. The van der Waals surface area contributed by atoms with E-state index < -0.39 is 18.2 Å². The van der Waals surface area contributed by atoms with Crippen LogP contribution in [0.2, 0.25) is 0 Å². The van der Waals surface area contributed by atoms with Gasteiger partial charge in [0.15, 0.2) is 0 Å². The Morgan fingerprint density at radius 3 is 2.14 bits per heavy atom. The number of benzene rings is 3. The Kier molecular flexibility index (Phi) is 8.45. The van der Waals surface area contributed by atoms with Gasteiger partial charge in [0.25, 0.3) is 0 Å². The summed E-state index contributed by atoms with van der Waals surface area (Å²) in [6.45, 7) is 2.14. The summed E-state index contributed by atoms with van der Waals surface area (Å²) >= 11 is 0. The van der Waals surface area contributed by atoms with Gasteiger partial charge in [0, 0.05) is 12.2 Å². The number of amides is 2. The standard InChI is InChI=1S/C28H31F2N3O2/c29-23-8-6-20(7-9-23)18-21-14-16-33(17-15-21)19-26(34)27(22-4-2-1-3-5-22)32-28(35)31-25-12-10-24(30)11-13-25/h1-13,21,26-27,34H,14-19H2,(H2,31,32,35)/t26-,27-/m0/s1. The number of carbonyl (C=O) groups excluding carboxylic acids is 1. The lowest BCUT2D eigenvalue weighted by molar-refractivity contribution is 0.0657. The Morgan fingerprint density at radius 1 is 0.914 bits per heavy atom. The van der Waals surface area contributed by atoms with Gasteiger partial charge in [-0.15, -0.1) is 0 Å². The van der Waals surface area contributed by atoms with E-state index in [1.165, 1.54) is 36.4 Å². The number of β-amino-alcohol motifs (C(OH)–C–C–N with tert-alkyl or cyclic N) is 1. The molecule has 0 radical (unpaired) electrons. The fourth-order valence-corrected chi connectivity index (χ4v) is 4.60. The molecule has 0 bridgehead atoms. The van der Waals surface area contributed by atoms with Gasteiger partial charge >= 0.3 is 6.03 Å². The van der Waals surface area contributed by atoms with Crippen molar-refractivity contribution in [1.82, 2.24) is 10.2 Å². The molecular formula is C28H31F2N3O2. The molecule has 2 atom stereocenters. The Bertz CT molecular complexity index is 1070. The first-order valence-corrected chi connectivity index (χ1v) is 12.0. The van der Waals surface area contributed by atoms with Crippen LogP contribution in [0.3, 0.4) is 0 Å². The number of aliphatic hydroxyl groups is 1. The molecule has 1 aliphatic heterocycles. The highest BCUT2D eigenvalue weighted by molar-refractivity contribution is 5.89. The molecule has 0 spiro atoms. The van der Waals surface area contributed by atoms with E-state index in [-0.39, 0.29) is 11.6 Å². The summed E-state index contributed by atoms with van der Waals surface area (Å²) in [5, 5.41) is 16.7. The van der Waals surface area contributed by atoms with E-state index in [4.69, 9.17) is 0 Å². The van der Waals surface area contributed by atoms with Crippen molar-refractivity contribution in [2.45, 2.75) is 31.4 Å². The van der Waals surface area contributed by atoms with Crippen LogP contribution in [-0.2, 0) is 6.42 Å².